The maximum atomic E-state index is 6.63. The van der Waals surface area contributed by atoms with E-state index in [4.69, 9.17) is 14.4 Å². The van der Waals surface area contributed by atoms with Crippen molar-refractivity contribution in [3.63, 3.8) is 0 Å². The van der Waals surface area contributed by atoms with Gasteiger partial charge in [-0.1, -0.05) is 109 Å². The zero-order valence-corrected chi connectivity index (χ0v) is 34.2. The molecule has 0 saturated heterocycles. The minimum atomic E-state index is 0.826. The number of benzene rings is 7. The number of furan rings is 1. The number of fused-ring (bicyclic) bond motifs is 9. The van der Waals surface area contributed by atoms with Crippen LogP contribution >= 0.6 is 0 Å². The standard InChI is InChI=1S/C58H38N4O/c1-3-15-43(51-19-9-11-31-59-51)41(13-1)37-23-27-55-47(33-37)45-17-5-7-21-53(45)61(55)39-25-29-57-49(35-39)50-36-40(26-30-58(50)63-57)62-54-22-8-6-18-46(54)48-34-38(24-28-56(48)62)42-14-2-4-16-44(42)52-20-10-12-32-60-52/h1-25,27-29,31-36H,26,30H2. The highest BCUT2D eigenvalue weighted by Gasteiger charge is 2.24. The molecule has 5 heteroatoms. The number of aromatic nitrogens is 4. The van der Waals surface area contributed by atoms with E-state index in [1.165, 1.54) is 66.0 Å². The molecule has 0 spiro atoms. The van der Waals surface area contributed by atoms with Gasteiger partial charge in [-0.05, 0) is 114 Å². The first-order chi connectivity index (χ1) is 31.2. The Balaban J connectivity index is 0.937. The largest absolute Gasteiger partial charge is 0.460 e. The smallest absolute Gasteiger partial charge is 0.135 e. The summed E-state index contributed by atoms with van der Waals surface area (Å²) in [7, 11) is 0. The summed E-state index contributed by atoms with van der Waals surface area (Å²) in [5, 5.41) is 6.03. The van der Waals surface area contributed by atoms with E-state index >= 15 is 0 Å². The van der Waals surface area contributed by atoms with Crippen LogP contribution in [0.1, 0.15) is 17.7 Å². The SMILES string of the molecule is C1=C(n2c3ccccc3c3cc(-c4ccccc4-c4ccccn4)ccc32)CCc2oc3ccc(-n4c5ccccc5c5cc(-c6ccccc6-c6ccccn6)ccc54)cc3c21. The van der Waals surface area contributed by atoms with Crippen LogP contribution in [-0.2, 0) is 6.42 Å². The summed E-state index contributed by atoms with van der Waals surface area (Å²) in [6.07, 6.45) is 7.80. The molecule has 13 rings (SSSR count). The Morgan fingerprint density at radius 1 is 0.397 bits per heavy atom. The van der Waals surface area contributed by atoms with Gasteiger partial charge in [0.25, 0.3) is 0 Å². The molecule has 63 heavy (non-hydrogen) atoms. The van der Waals surface area contributed by atoms with Crippen molar-refractivity contribution in [2.24, 2.45) is 0 Å². The quantitative estimate of drug-likeness (QED) is 0.168. The summed E-state index contributed by atoms with van der Waals surface area (Å²) in [5.41, 5.74) is 18.1. The summed E-state index contributed by atoms with van der Waals surface area (Å²) in [6, 6.07) is 67.3. The molecule has 1 aliphatic carbocycles. The Morgan fingerprint density at radius 3 is 1.52 bits per heavy atom. The lowest BCUT2D eigenvalue weighted by atomic mass is 9.96. The van der Waals surface area contributed by atoms with Gasteiger partial charge in [-0.25, -0.2) is 0 Å². The number of hydrogen-bond acceptors (Lipinski definition) is 3. The van der Waals surface area contributed by atoms with Gasteiger partial charge in [0.2, 0.25) is 0 Å². The molecule has 0 radical (unpaired) electrons. The van der Waals surface area contributed by atoms with Crippen molar-refractivity contribution < 1.29 is 4.42 Å². The Morgan fingerprint density at radius 2 is 0.921 bits per heavy atom. The molecule has 0 aliphatic heterocycles. The van der Waals surface area contributed by atoms with E-state index in [1.807, 2.05) is 30.6 Å². The van der Waals surface area contributed by atoms with Gasteiger partial charge >= 0.3 is 0 Å². The van der Waals surface area contributed by atoms with E-state index in [0.29, 0.717) is 0 Å². The second-order valence-corrected chi connectivity index (χ2v) is 16.4. The van der Waals surface area contributed by atoms with Crippen LogP contribution in [0.5, 0.6) is 0 Å². The summed E-state index contributed by atoms with van der Waals surface area (Å²) < 4.78 is 11.5. The molecule has 1 aliphatic rings. The normalized spacial score (nSPS) is 12.7. The number of nitrogens with zero attached hydrogens (tertiary/aromatic N) is 4. The van der Waals surface area contributed by atoms with Gasteiger partial charge in [0.1, 0.15) is 11.3 Å². The fourth-order valence-corrected chi connectivity index (χ4v) is 10.1. The minimum absolute atomic E-state index is 0.826. The van der Waals surface area contributed by atoms with E-state index in [2.05, 4.69) is 185 Å². The van der Waals surface area contributed by atoms with E-state index in [-0.39, 0.29) is 0 Å². The number of aryl methyl sites for hydroxylation is 1. The van der Waals surface area contributed by atoms with Crippen LogP contribution in [0.15, 0.2) is 205 Å². The topological polar surface area (TPSA) is 48.8 Å². The summed E-state index contributed by atoms with van der Waals surface area (Å²) >= 11 is 0. The highest BCUT2D eigenvalue weighted by molar-refractivity contribution is 6.13. The highest BCUT2D eigenvalue weighted by atomic mass is 16.3. The maximum absolute atomic E-state index is 6.63. The summed E-state index contributed by atoms with van der Waals surface area (Å²) in [4.78, 5) is 9.39. The molecule has 7 aromatic carbocycles. The zero-order chi connectivity index (χ0) is 41.4. The molecule has 0 saturated carbocycles. The average molecular weight is 807 g/mol. The predicted octanol–water partition coefficient (Wildman–Crippen LogP) is 15.0. The van der Waals surface area contributed by atoms with Crippen LogP contribution in [-0.4, -0.2) is 19.1 Å². The third-order valence-electron chi connectivity index (χ3n) is 13.0. The van der Waals surface area contributed by atoms with E-state index < -0.39 is 0 Å². The molecular formula is C58H38N4O. The molecule has 296 valence electrons. The predicted molar refractivity (Wildman–Crippen MR) is 260 cm³/mol. The van der Waals surface area contributed by atoms with E-state index in [1.54, 1.807) is 0 Å². The second-order valence-electron chi connectivity index (χ2n) is 16.4. The van der Waals surface area contributed by atoms with Crippen molar-refractivity contribution in [2.75, 3.05) is 0 Å². The van der Waals surface area contributed by atoms with Crippen molar-refractivity contribution in [1.29, 1.82) is 0 Å². The number of allylic oxidation sites excluding steroid dienone is 1. The highest BCUT2D eigenvalue weighted by Crippen LogP contribution is 2.43. The molecular weight excluding hydrogens is 769 g/mol. The number of rotatable bonds is 6. The lowest BCUT2D eigenvalue weighted by Gasteiger charge is -2.17. The molecule has 0 fully saturated rings. The number of para-hydroxylation sites is 2. The third-order valence-corrected chi connectivity index (χ3v) is 13.0. The summed E-state index contributed by atoms with van der Waals surface area (Å²) in [6.45, 7) is 0. The Hall–Kier alpha value is -8.28. The second kappa shape index (κ2) is 14.2. The van der Waals surface area contributed by atoms with Crippen LogP contribution in [0.4, 0.5) is 0 Å². The third kappa shape index (κ3) is 5.63. The first kappa shape index (κ1) is 35.5. The molecule has 0 bridgehead atoms. The van der Waals surface area contributed by atoms with Gasteiger partial charge in [-0.3, -0.25) is 9.97 Å². The first-order valence-electron chi connectivity index (χ1n) is 21.6. The van der Waals surface area contributed by atoms with Crippen LogP contribution in [0, 0.1) is 0 Å². The van der Waals surface area contributed by atoms with E-state index in [9.17, 15) is 0 Å². The Bertz CT molecular complexity index is 3790. The molecule has 0 atom stereocenters. The molecule has 12 aromatic rings. The fourth-order valence-electron chi connectivity index (χ4n) is 10.1. The Labute approximate surface area is 363 Å². The number of hydrogen-bond donors (Lipinski definition) is 0. The minimum Gasteiger partial charge on any atom is -0.460 e. The molecule has 0 amide bonds. The van der Waals surface area contributed by atoms with Crippen molar-refractivity contribution >= 4 is 66.4 Å². The van der Waals surface area contributed by atoms with Crippen molar-refractivity contribution in [3.05, 3.63) is 212 Å². The number of pyridine rings is 2. The van der Waals surface area contributed by atoms with Crippen LogP contribution in [0.25, 0.3) is 117 Å². The Kier molecular flexibility index (Phi) is 7.97. The first-order valence-corrected chi connectivity index (χ1v) is 21.6. The van der Waals surface area contributed by atoms with Crippen molar-refractivity contribution in [3.8, 4) is 50.5 Å². The lowest BCUT2D eigenvalue weighted by molar-refractivity contribution is 0.546. The van der Waals surface area contributed by atoms with Crippen LogP contribution in [0.2, 0.25) is 0 Å². The molecule has 0 unspecified atom stereocenters. The van der Waals surface area contributed by atoms with Crippen LogP contribution in [0.3, 0.4) is 0 Å². The maximum Gasteiger partial charge on any atom is 0.135 e. The fraction of sp³-hybridized carbons (Fsp3) is 0.0345. The van der Waals surface area contributed by atoms with Crippen LogP contribution < -0.4 is 0 Å². The van der Waals surface area contributed by atoms with Crippen molar-refractivity contribution in [1.82, 2.24) is 19.1 Å². The van der Waals surface area contributed by atoms with Gasteiger partial charge in [0.15, 0.2) is 0 Å². The average Bonchev–Trinajstić information content (AvgIpc) is 4.01. The van der Waals surface area contributed by atoms with Gasteiger partial charge in [0.05, 0.1) is 33.5 Å². The summed E-state index contributed by atoms with van der Waals surface area (Å²) in [5.74, 6) is 1.04. The van der Waals surface area contributed by atoms with Crippen molar-refractivity contribution in [2.45, 2.75) is 12.8 Å². The van der Waals surface area contributed by atoms with E-state index in [0.717, 1.165) is 68.9 Å². The van der Waals surface area contributed by atoms with Gasteiger partial charge in [-0.15, -0.1) is 0 Å². The monoisotopic (exact) mass is 806 g/mol. The molecule has 5 heterocycles. The lowest BCUT2D eigenvalue weighted by Crippen LogP contribution is -2.03. The molecule has 0 N–H and O–H groups in total. The zero-order valence-electron chi connectivity index (χ0n) is 34.2. The van der Waals surface area contributed by atoms with Gasteiger partial charge < -0.3 is 13.6 Å². The van der Waals surface area contributed by atoms with Gasteiger partial charge in [0, 0.05) is 73.8 Å². The van der Waals surface area contributed by atoms with Gasteiger partial charge in [-0.2, -0.15) is 0 Å². The molecule has 5 nitrogen and oxygen atoms in total. The molecule has 5 aromatic heterocycles.